The van der Waals surface area contributed by atoms with Gasteiger partial charge in [-0.05, 0) is 71.2 Å². The summed E-state index contributed by atoms with van der Waals surface area (Å²) in [4.78, 5) is 29.3. The Morgan fingerprint density at radius 1 is 0.975 bits per heavy atom. The van der Waals surface area contributed by atoms with E-state index in [1.165, 1.54) is 7.11 Å². The van der Waals surface area contributed by atoms with Crippen molar-refractivity contribution in [2.75, 3.05) is 7.11 Å². The first-order chi connectivity index (χ1) is 19.2. The molecule has 1 N–H and O–H groups in total. The van der Waals surface area contributed by atoms with Crippen molar-refractivity contribution in [3.63, 3.8) is 0 Å². The van der Waals surface area contributed by atoms with Crippen LogP contribution in [-0.4, -0.2) is 29.1 Å². The summed E-state index contributed by atoms with van der Waals surface area (Å²) in [7, 11) is 1.36. The number of carboxylic acid groups (broad SMARTS) is 1. The topological polar surface area (TPSA) is 85.7 Å². The number of esters is 1. The molecular weight excluding hydrogens is 502 g/mol. The summed E-state index contributed by atoms with van der Waals surface area (Å²) in [5.74, 6) is -0.344. The number of fused-ring (bicyclic) bond motifs is 2. The number of ether oxygens (including phenoxy) is 2. The molecule has 1 atom stereocenters. The van der Waals surface area contributed by atoms with Crippen molar-refractivity contribution in [1.29, 1.82) is 0 Å². The second-order valence-corrected chi connectivity index (χ2v) is 11.3. The number of nitrogens with zero attached hydrogens (tertiary/aromatic N) is 1. The molecule has 0 saturated carbocycles. The van der Waals surface area contributed by atoms with Crippen LogP contribution in [0.15, 0.2) is 72.8 Å². The minimum atomic E-state index is -0.925. The Morgan fingerprint density at radius 2 is 1.68 bits per heavy atom. The summed E-state index contributed by atoms with van der Waals surface area (Å²) >= 11 is 0. The normalized spacial score (nSPS) is 16.0. The molecular formula is C34H33NO5. The summed E-state index contributed by atoms with van der Waals surface area (Å²) in [6.45, 7) is 6.95. The Bertz CT molecular complexity index is 1610. The number of aromatic nitrogens is 1. The molecule has 204 valence electrons. The van der Waals surface area contributed by atoms with E-state index in [0.29, 0.717) is 40.8 Å². The van der Waals surface area contributed by atoms with E-state index in [-0.39, 0.29) is 17.3 Å². The van der Waals surface area contributed by atoms with Gasteiger partial charge < -0.3 is 14.6 Å². The summed E-state index contributed by atoms with van der Waals surface area (Å²) < 4.78 is 11.0. The van der Waals surface area contributed by atoms with Gasteiger partial charge in [-0.25, -0.2) is 14.6 Å². The highest BCUT2D eigenvalue weighted by molar-refractivity contribution is 6.06. The maximum absolute atomic E-state index is 12.6. The maximum Gasteiger partial charge on any atom is 0.337 e. The lowest BCUT2D eigenvalue weighted by atomic mass is 9.69. The third kappa shape index (κ3) is 5.48. The summed E-state index contributed by atoms with van der Waals surface area (Å²) in [5, 5.41) is 11.0. The zero-order valence-corrected chi connectivity index (χ0v) is 23.2. The van der Waals surface area contributed by atoms with Crippen LogP contribution in [0, 0.1) is 11.3 Å². The molecule has 0 fully saturated rings. The zero-order valence-electron chi connectivity index (χ0n) is 23.2. The number of rotatable bonds is 6. The first-order valence-electron chi connectivity index (χ1n) is 13.4. The van der Waals surface area contributed by atoms with Crippen molar-refractivity contribution in [2.24, 2.45) is 11.3 Å². The van der Waals surface area contributed by atoms with Crippen molar-refractivity contribution in [1.82, 2.24) is 4.98 Å². The Balaban J connectivity index is 1.55. The fraction of sp³-hybridized carbons (Fsp3) is 0.265. The van der Waals surface area contributed by atoms with Gasteiger partial charge in [-0.3, -0.25) is 0 Å². The second-order valence-electron chi connectivity index (χ2n) is 11.3. The van der Waals surface area contributed by atoms with Crippen molar-refractivity contribution in [3.05, 3.63) is 106 Å². The number of hydrogen-bond acceptors (Lipinski definition) is 5. The van der Waals surface area contributed by atoms with Crippen LogP contribution in [0.5, 0.6) is 5.75 Å². The fourth-order valence-corrected chi connectivity index (χ4v) is 5.32. The van der Waals surface area contributed by atoms with Gasteiger partial charge in [0.1, 0.15) is 12.4 Å². The third-order valence-electron chi connectivity index (χ3n) is 7.67. The first kappa shape index (κ1) is 27.1. The van der Waals surface area contributed by atoms with E-state index in [1.54, 1.807) is 12.1 Å². The molecule has 0 unspecified atom stereocenters. The number of pyridine rings is 1. The van der Waals surface area contributed by atoms with E-state index >= 15 is 0 Å². The highest BCUT2D eigenvalue weighted by Crippen LogP contribution is 2.45. The van der Waals surface area contributed by atoms with E-state index in [9.17, 15) is 14.7 Å². The van der Waals surface area contributed by atoms with Crippen LogP contribution in [0.25, 0.3) is 22.6 Å². The van der Waals surface area contributed by atoms with Gasteiger partial charge in [0, 0.05) is 10.9 Å². The van der Waals surface area contributed by atoms with Gasteiger partial charge in [-0.1, -0.05) is 69.3 Å². The van der Waals surface area contributed by atoms with E-state index in [2.05, 4.69) is 26.8 Å². The molecule has 6 heteroatoms. The molecule has 40 heavy (non-hydrogen) atoms. The Morgan fingerprint density at radius 3 is 2.38 bits per heavy atom. The maximum atomic E-state index is 12.6. The molecule has 1 aliphatic rings. The quantitative estimate of drug-likeness (QED) is 0.258. The highest BCUT2D eigenvalue weighted by atomic mass is 16.5. The lowest BCUT2D eigenvalue weighted by Crippen LogP contribution is -2.28. The fourth-order valence-electron chi connectivity index (χ4n) is 5.32. The Kier molecular flexibility index (Phi) is 7.44. The predicted octanol–water partition coefficient (Wildman–Crippen LogP) is 7.45. The van der Waals surface area contributed by atoms with Crippen molar-refractivity contribution in [2.45, 2.75) is 40.2 Å². The van der Waals surface area contributed by atoms with Crippen molar-refractivity contribution < 1.29 is 24.2 Å². The van der Waals surface area contributed by atoms with Crippen LogP contribution < -0.4 is 4.74 Å². The van der Waals surface area contributed by atoms with Gasteiger partial charge >= 0.3 is 11.9 Å². The van der Waals surface area contributed by atoms with Crippen LogP contribution in [0.3, 0.4) is 0 Å². The van der Waals surface area contributed by atoms with Crippen LogP contribution in [-0.2, 0) is 17.8 Å². The van der Waals surface area contributed by atoms with Gasteiger partial charge in [-0.15, -0.1) is 0 Å². The molecule has 0 saturated heterocycles. The number of benzene rings is 3. The molecule has 0 bridgehead atoms. The largest absolute Gasteiger partial charge is 0.488 e. The molecule has 1 aromatic heterocycles. The Hall–Kier alpha value is -4.45. The molecule has 4 aromatic rings. The average Bonchev–Trinajstić information content (AvgIpc) is 2.94. The predicted molar refractivity (Wildman–Crippen MR) is 156 cm³/mol. The van der Waals surface area contributed by atoms with Gasteiger partial charge in [0.05, 0.1) is 29.4 Å². The van der Waals surface area contributed by atoms with Crippen LogP contribution >= 0.6 is 0 Å². The molecule has 0 aliphatic heterocycles. The minimum absolute atomic E-state index is 0.0232. The smallest absolute Gasteiger partial charge is 0.337 e. The summed E-state index contributed by atoms with van der Waals surface area (Å²) in [6.07, 6.45) is 3.54. The molecule has 1 heterocycles. The standard InChI is InChI=1S/C34H33NO5/c1-34(2,3)25-18-24(31-27(19-25)30(32(36)37)26-10-6-7-11-28(26)35-31)17-23-9-5-8-12-29(23)40-20-21-13-15-22(16-14-21)33(38)39-4/h5-17,25H,18-20H2,1-4H3,(H,36,37)/b24-17+/t25-/m1/s1. The van der Waals surface area contributed by atoms with Gasteiger partial charge in [0.2, 0.25) is 0 Å². The number of methoxy groups -OCH3 is 1. The minimum Gasteiger partial charge on any atom is -0.488 e. The molecule has 0 radical (unpaired) electrons. The summed E-state index contributed by atoms with van der Waals surface area (Å²) in [5.41, 5.74) is 5.87. The van der Waals surface area contributed by atoms with E-state index in [0.717, 1.165) is 34.4 Å². The van der Waals surface area contributed by atoms with E-state index < -0.39 is 5.97 Å². The van der Waals surface area contributed by atoms with Crippen molar-refractivity contribution in [3.8, 4) is 5.75 Å². The number of allylic oxidation sites excluding steroid dienone is 1. The number of carbonyl (C=O) groups excluding carboxylic acids is 1. The van der Waals surface area contributed by atoms with Gasteiger partial charge in [-0.2, -0.15) is 0 Å². The molecule has 0 amide bonds. The molecule has 6 nitrogen and oxygen atoms in total. The summed E-state index contributed by atoms with van der Waals surface area (Å²) in [6, 6.07) is 22.4. The molecule has 3 aromatic carbocycles. The van der Waals surface area contributed by atoms with E-state index in [1.807, 2.05) is 60.7 Å². The average molecular weight is 536 g/mol. The second kappa shape index (κ2) is 11.0. The zero-order chi connectivity index (χ0) is 28.4. The number of carboxylic acids is 1. The number of carbonyl (C=O) groups is 2. The lowest BCUT2D eigenvalue weighted by Gasteiger charge is -2.36. The molecule has 5 rings (SSSR count). The van der Waals surface area contributed by atoms with Crippen LogP contribution in [0.4, 0.5) is 0 Å². The van der Waals surface area contributed by atoms with Crippen LogP contribution in [0.1, 0.15) is 70.3 Å². The van der Waals surface area contributed by atoms with Crippen LogP contribution in [0.2, 0.25) is 0 Å². The monoisotopic (exact) mass is 535 g/mol. The number of para-hydroxylation sites is 2. The SMILES string of the molecule is COC(=O)c1ccc(COc2ccccc2/C=C2\C[C@@H](C(C)(C)C)Cc3c2nc2ccccc2c3C(=O)O)cc1. The first-order valence-corrected chi connectivity index (χ1v) is 13.4. The molecule has 1 aliphatic carbocycles. The van der Waals surface area contributed by atoms with Gasteiger partial charge in [0.25, 0.3) is 0 Å². The number of aromatic carboxylic acids is 1. The molecule has 0 spiro atoms. The van der Waals surface area contributed by atoms with E-state index in [4.69, 9.17) is 14.5 Å². The third-order valence-corrected chi connectivity index (χ3v) is 7.67. The highest BCUT2D eigenvalue weighted by Gasteiger charge is 2.35. The van der Waals surface area contributed by atoms with Gasteiger partial charge in [0.15, 0.2) is 0 Å². The Labute approximate surface area is 234 Å². The number of hydrogen-bond donors (Lipinski definition) is 1. The lowest BCUT2D eigenvalue weighted by molar-refractivity contribution is 0.0599. The van der Waals surface area contributed by atoms with Crippen molar-refractivity contribution >= 4 is 34.5 Å².